The maximum Gasteiger partial charge on any atom is 0.193 e. The highest BCUT2D eigenvalue weighted by Gasteiger charge is 2.40. The van der Waals surface area contributed by atoms with Gasteiger partial charge >= 0.3 is 0 Å². The predicted molar refractivity (Wildman–Crippen MR) is 104 cm³/mol. The number of halogens is 1. The van der Waals surface area contributed by atoms with Crippen molar-refractivity contribution < 1.29 is 8.42 Å². The number of hydrogen-bond acceptors (Lipinski definition) is 4. The van der Waals surface area contributed by atoms with Crippen LogP contribution in [0.3, 0.4) is 0 Å². The van der Waals surface area contributed by atoms with E-state index in [1.807, 2.05) is 23.1 Å². The van der Waals surface area contributed by atoms with Crippen molar-refractivity contribution >= 4 is 39.8 Å². The van der Waals surface area contributed by atoms with Crippen LogP contribution in [0.25, 0.3) is 0 Å². The number of guanidine groups is 1. The molecular weight excluding hydrogens is 427 g/mol. The zero-order chi connectivity index (χ0) is 16.2. The first-order valence-corrected chi connectivity index (χ1v) is 9.09. The van der Waals surface area contributed by atoms with Crippen LogP contribution in [0.4, 0.5) is 0 Å². The van der Waals surface area contributed by atoms with Gasteiger partial charge < -0.3 is 10.2 Å². The summed E-state index contributed by atoms with van der Waals surface area (Å²) in [6.45, 7) is 5.20. The molecule has 0 amide bonds. The summed E-state index contributed by atoms with van der Waals surface area (Å²) in [6.07, 6.45) is 2.58. The molecule has 1 aliphatic rings. The molecule has 0 saturated carbocycles. The van der Waals surface area contributed by atoms with Crippen molar-refractivity contribution in [1.29, 1.82) is 0 Å². The number of rotatable bonds is 3. The summed E-state index contributed by atoms with van der Waals surface area (Å²) in [5, 5.41) is 3.29. The molecule has 0 radical (unpaired) electrons. The summed E-state index contributed by atoms with van der Waals surface area (Å²) in [7, 11) is -1.31. The molecule has 0 unspecified atom stereocenters. The van der Waals surface area contributed by atoms with Crippen LogP contribution in [0.2, 0.25) is 0 Å². The van der Waals surface area contributed by atoms with E-state index in [1.165, 1.54) is 0 Å². The lowest BCUT2D eigenvalue weighted by atomic mass is 10.2. The summed E-state index contributed by atoms with van der Waals surface area (Å²) in [4.78, 5) is 10.6. The largest absolute Gasteiger partial charge is 0.356 e. The minimum atomic E-state index is -3.03. The van der Waals surface area contributed by atoms with Crippen LogP contribution in [0, 0.1) is 0 Å². The first-order chi connectivity index (χ1) is 10.4. The van der Waals surface area contributed by atoms with Crippen molar-refractivity contribution in [3.63, 3.8) is 0 Å². The van der Waals surface area contributed by atoms with Crippen LogP contribution in [-0.4, -0.2) is 61.4 Å². The van der Waals surface area contributed by atoms with Crippen LogP contribution >= 0.6 is 24.0 Å². The molecule has 0 atom stereocenters. The van der Waals surface area contributed by atoms with Gasteiger partial charge in [-0.25, -0.2) is 8.42 Å². The average molecular weight is 452 g/mol. The van der Waals surface area contributed by atoms with E-state index in [0.717, 1.165) is 18.1 Å². The summed E-state index contributed by atoms with van der Waals surface area (Å²) in [5.74, 6) is 0.917. The molecule has 23 heavy (non-hydrogen) atoms. The van der Waals surface area contributed by atoms with E-state index in [2.05, 4.69) is 15.3 Å². The topological polar surface area (TPSA) is 74.7 Å². The van der Waals surface area contributed by atoms with Gasteiger partial charge in [-0.3, -0.25) is 9.98 Å². The Morgan fingerprint density at radius 1 is 1.43 bits per heavy atom. The Morgan fingerprint density at radius 2 is 2.17 bits per heavy atom. The third kappa shape index (κ3) is 5.03. The Morgan fingerprint density at radius 3 is 2.74 bits per heavy atom. The number of aliphatic imine (C=N–C) groups is 1. The first-order valence-electron chi connectivity index (χ1n) is 7.43. The summed E-state index contributed by atoms with van der Waals surface area (Å²) in [6, 6.07) is 5.85. The molecule has 0 bridgehead atoms. The lowest BCUT2D eigenvalue weighted by Gasteiger charge is -2.39. The van der Waals surface area contributed by atoms with Gasteiger partial charge in [0, 0.05) is 45.0 Å². The fourth-order valence-corrected chi connectivity index (χ4v) is 3.87. The van der Waals surface area contributed by atoms with E-state index in [-0.39, 0.29) is 29.7 Å². The van der Waals surface area contributed by atoms with Gasteiger partial charge in [-0.15, -0.1) is 24.0 Å². The maximum atomic E-state index is 12.1. The predicted octanol–water partition coefficient (Wildman–Crippen LogP) is 1.33. The second-order valence-corrected chi connectivity index (χ2v) is 8.79. The minimum Gasteiger partial charge on any atom is -0.356 e. The molecule has 2 heterocycles. The molecule has 1 saturated heterocycles. The van der Waals surface area contributed by atoms with Crippen LogP contribution in [0.1, 0.15) is 19.5 Å². The SMILES string of the molecule is CN=C(NCCc1ccccn1)N1CCS(=O)(=O)C(C)(C)C1.I. The molecule has 0 spiro atoms. The van der Waals surface area contributed by atoms with E-state index in [9.17, 15) is 8.42 Å². The van der Waals surface area contributed by atoms with Gasteiger partial charge in [0.2, 0.25) is 0 Å². The lowest BCUT2D eigenvalue weighted by Crippen LogP contribution is -2.57. The Labute approximate surface area is 155 Å². The highest BCUT2D eigenvalue weighted by Crippen LogP contribution is 2.23. The third-order valence-corrected chi connectivity index (χ3v) is 6.48. The number of hydrogen-bond donors (Lipinski definition) is 1. The number of sulfone groups is 1. The Kier molecular flexibility index (Phi) is 7.25. The number of aromatic nitrogens is 1. The molecule has 1 N–H and O–H groups in total. The zero-order valence-corrected chi connectivity index (χ0v) is 17.0. The van der Waals surface area contributed by atoms with Gasteiger partial charge in [-0.05, 0) is 26.0 Å². The van der Waals surface area contributed by atoms with E-state index >= 15 is 0 Å². The van der Waals surface area contributed by atoms with Crippen LogP contribution in [0.15, 0.2) is 29.4 Å². The summed E-state index contributed by atoms with van der Waals surface area (Å²) in [5.41, 5.74) is 1.02. The van der Waals surface area contributed by atoms with E-state index in [0.29, 0.717) is 19.6 Å². The second-order valence-electron chi connectivity index (χ2n) is 6.05. The summed E-state index contributed by atoms with van der Waals surface area (Å²) < 4.78 is 23.4. The third-order valence-electron chi connectivity index (χ3n) is 3.95. The van der Waals surface area contributed by atoms with Gasteiger partial charge in [-0.2, -0.15) is 0 Å². The van der Waals surface area contributed by atoms with E-state index < -0.39 is 14.6 Å². The maximum absolute atomic E-state index is 12.1. The Hall–Kier alpha value is -0.900. The molecule has 6 nitrogen and oxygen atoms in total. The molecule has 8 heteroatoms. The van der Waals surface area contributed by atoms with Crippen LogP contribution in [-0.2, 0) is 16.3 Å². The Bertz CT molecular complexity index is 632. The van der Waals surface area contributed by atoms with Gasteiger partial charge in [0.1, 0.15) is 0 Å². The molecule has 2 rings (SSSR count). The smallest absolute Gasteiger partial charge is 0.193 e. The lowest BCUT2D eigenvalue weighted by molar-refractivity contribution is 0.353. The van der Waals surface area contributed by atoms with Crippen molar-refractivity contribution in [1.82, 2.24) is 15.2 Å². The molecule has 1 aromatic heterocycles. The normalized spacial score (nSPS) is 19.8. The molecule has 0 aliphatic carbocycles. The second kappa shape index (κ2) is 8.27. The quantitative estimate of drug-likeness (QED) is 0.426. The van der Waals surface area contributed by atoms with Crippen molar-refractivity contribution in [3.8, 4) is 0 Å². The highest BCUT2D eigenvalue weighted by molar-refractivity contribution is 14.0. The molecular formula is C15H25IN4O2S. The van der Waals surface area contributed by atoms with Gasteiger partial charge in [-0.1, -0.05) is 6.07 Å². The van der Waals surface area contributed by atoms with Crippen LogP contribution in [0.5, 0.6) is 0 Å². The van der Waals surface area contributed by atoms with Crippen molar-refractivity contribution in [2.24, 2.45) is 4.99 Å². The molecule has 1 fully saturated rings. The summed E-state index contributed by atoms with van der Waals surface area (Å²) >= 11 is 0. The number of pyridine rings is 1. The molecule has 1 aromatic rings. The van der Waals surface area contributed by atoms with Gasteiger partial charge in [0.05, 0.1) is 10.5 Å². The standard InChI is InChI=1S/C15H24N4O2S.HI/c1-15(2)12-19(10-11-22(15,20)21)14(16-3)18-9-7-13-6-4-5-8-17-13;/h4-6,8H,7,9-12H2,1-3H3,(H,16,18);1H. The van der Waals surface area contributed by atoms with Crippen molar-refractivity contribution in [2.75, 3.05) is 32.4 Å². The number of nitrogens with one attached hydrogen (secondary N) is 1. The minimum absolute atomic E-state index is 0. The Balaban J connectivity index is 0.00000264. The molecule has 0 aromatic carbocycles. The van der Waals surface area contributed by atoms with E-state index in [1.54, 1.807) is 27.1 Å². The first kappa shape index (κ1) is 20.1. The number of nitrogens with zero attached hydrogens (tertiary/aromatic N) is 3. The van der Waals surface area contributed by atoms with Crippen molar-refractivity contribution in [2.45, 2.75) is 25.0 Å². The van der Waals surface area contributed by atoms with Crippen molar-refractivity contribution in [3.05, 3.63) is 30.1 Å². The van der Waals surface area contributed by atoms with Gasteiger partial charge in [0.15, 0.2) is 15.8 Å². The molecule has 130 valence electrons. The average Bonchev–Trinajstić information content (AvgIpc) is 2.48. The highest BCUT2D eigenvalue weighted by atomic mass is 127. The monoisotopic (exact) mass is 452 g/mol. The molecule has 1 aliphatic heterocycles. The zero-order valence-electron chi connectivity index (χ0n) is 13.8. The van der Waals surface area contributed by atoms with Gasteiger partial charge in [0.25, 0.3) is 0 Å². The fourth-order valence-electron chi connectivity index (χ4n) is 2.51. The fraction of sp³-hybridized carbons (Fsp3) is 0.600. The van der Waals surface area contributed by atoms with Crippen LogP contribution < -0.4 is 5.32 Å². The van der Waals surface area contributed by atoms with E-state index in [4.69, 9.17) is 0 Å².